The summed E-state index contributed by atoms with van der Waals surface area (Å²) in [6.45, 7) is 3.58. The second-order valence-electron chi connectivity index (χ2n) is 9.01. The molecule has 1 aromatic heterocycles. The highest BCUT2D eigenvalue weighted by Crippen LogP contribution is 2.26. The van der Waals surface area contributed by atoms with Crippen LogP contribution in [0.2, 0.25) is 5.02 Å². The third-order valence-corrected chi connectivity index (χ3v) is 6.76. The first-order valence-electron chi connectivity index (χ1n) is 12.3. The normalized spacial score (nSPS) is 14.2. The number of halogens is 1. The Kier molecular flexibility index (Phi) is 7.62. The minimum absolute atomic E-state index is 0.00123. The maximum atomic E-state index is 13.7. The fraction of sp³-hybridized carbons (Fsp3) is 0.172. The van der Waals surface area contributed by atoms with Gasteiger partial charge < -0.3 is 4.90 Å². The number of nitrogens with zero attached hydrogens (tertiary/aromatic N) is 5. The predicted molar refractivity (Wildman–Crippen MR) is 148 cm³/mol. The first kappa shape index (κ1) is 25.4. The number of carbonyl (C=O) groups excluding carboxylic acids is 1. The standard InChI is InChI=1S/C29H26ClN5O3/c30-24-10-14-25(15-11-24)34-28(21-27(31-34)23-8-12-26(13-9-23)35(37)38)29(36)33-19-17-32(18-20-33)16-4-7-22-5-2-1-3-6-22/h1-15,21H,16-20H2/b7-4+. The molecule has 8 nitrogen and oxygen atoms in total. The van der Waals surface area contributed by atoms with E-state index in [1.165, 1.54) is 17.7 Å². The van der Waals surface area contributed by atoms with Crippen LogP contribution >= 0.6 is 11.6 Å². The summed E-state index contributed by atoms with van der Waals surface area (Å²) >= 11 is 6.08. The fourth-order valence-corrected chi connectivity index (χ4v) is 4.53. The number of rotatable bonds is 7. The molecule has 38 heavy (non-hydrogen) atoms. The Labute approximate surface area is 225 Å². The van der Waals surface area contributed by atoms with Crippen LogP contribution in [0.15, 0.2) is 91.0 Å². The van der Waals surface area contributed by atoms with E-state index in [1.54, 1.807) is 35.0 Å². The second kappa shape index (κ2) is 11.4. The topological polar surface area (TPSA) is 84.5 Å². The molecule has 0 unspecified atom stereocenters. The molecule has 1 amide bonds. The van der Waals surface area contributed by atoms with Crippen molar-refractivity contribution in [3.8, 4) is 16.9 Å². The summed E-state index contributed by atoms with van der Waals surface area (Å²) in [4.78, 5) is 28.4. The Hall–Kier alpha value is -4.27. The van der Waals surface area contributed by atoms with Gasteiger partial charge >= 0.3 is 0 Å². The Morgan fingerprint density at radius 1 is 0.947 bits per heavy atom. The minimum atomic E-state index is -0.442. The number of non-ortho nitro benzene ring substituents is 1. The van der Waals surface area contributed by atoms with E-state index in [9.17, 15) is 14.9 Å². The summed E-state index contributed by atoms with van der Waals surface area (Å²) in [7, 11) is 0. The molecule has 4 aromatic rings. The van der Waals surface area contributed by atoms with Crippen LogP contribution in [0.4, 0.5) is 5.69 Å². The van der Waals surface area contributed by atoms with Gasteiger partial charge in [0, 0.05) is 55.4 Å². The summed E-state index contributed by atoms with van der Waals surface area (Å²) in [6.07, 6.45) is 4.26. The largest absolute Gasteiger partial charge is 0.335 e. The number of carbonyl (C=O) groups is 1. The van der Waals surface area contributed by atoms with Gasteiger partial charge in [0.05, 0.1) is 16.3 Å². The van der Waals surface area contributed by atoms with E-state index >= 15 is 0 Å². The fourth-order valence-electron chi connectivity index (χ4n) is 4.41. The summed E-state index contributed by atoms with van der Waals surface area (Å²) in [5.41, 5.74) is 3.54. The lowest BCUT2D eigenvalue weighted by molar-refractivity contribution is -0.384. The van der Waals surface area contributed by atoms with Crippen LogP contribution in [-0.4, -0.2) is 63.1 Å². The van der Waals surface area contributed by atoms with E-state index in [0.29, 0.717) is 40.8 Å². The zero-order valence-corrected chi connectivity index (χ0v) is 21.4. The van der Waals surface area contributed by atoms with Gasteiger partial charge in [-0.1, -0.05) is 54.1 Å². The molecule has 0 aliphatic carbocycles. The van der Waals surface area contributed by atoms with Crippen LogP contribution < -0.4 is 0 Å². The van der Waals surface area contributed by atoms with E-state index in [0.717, 1.165) is 19.6 Å². The summed E-state index contributed by atoms with van der Waals surface area (Å²) in [6, 6.07) is 25.2. The molecule has 0 N–H and O–H groups in total. The van der Waals surface area contributed by atoms with Gasteiger partial charge in [0.25, 0.3) is 11.6 Å². The summed E-state index contributed by atoms with van der Waals surface area (Å²) in [5, 5.41) is 16.3. The van der Waals surface area contributed by atoms with Crippen LogP contribution in [0.1, 0.15) is 16.1 Å². The van der Waals surface area contributed by atoms with Gasteiger partial charge in [0.15, 0.2) is 0 Å². The van der Waals surface area contributed by atoms with Crippen molar-refractivity contribution in [1.29, 1.82) is 0 Å². The lowest BCUT2D eigenvalue weighted by Gasteiger charge is -2.34. The SMILES string of the molecule is O=C(c1cc(-c2ccc([N+](=O)[O-])cc2)nn1-c1ccc(Cl)cc1)N1CCN(C/C=C/c2ccccc2)CC1. The highest BCUT2D eigenvalue weighted by Gasteiger charge is 2.26. The number of piperazine rings is 1. The lowest BCUT2D eigenvalue weighted by Crippen LogP contribution is -2.49. The molecule has 1 saturated heterocycles. The molecule has 0 saturated carbocycles. The van der Waals surface area contributed by atoms with E-state index < -0.39 is 4.92 Å². The van der Waals surface area contributed by atoms with Crippen molar-refractivity contribution in [2.24, 2.45) is 0 Å². The number of aromatic nitrogens is 2. The zero-order chi connectivity index (χ0) is 26.5. The Bertz CT molecular complexity index is 1440. The highest BCUT2D eigenvalue weighted by atomic mass is 35.5. The van der Waals surface area contributed by atoms with Crippen molar-refractivity contribution in [2.45, 2.75) is 0 Å². The van der Waals surface area contributed by atoms with Gasteiger partial charge in [-0.15, -0.1) is 0 Å². The maximum Gasteiger partial charge on any atom is 0.272 e. The molecule has 1 aliphatic rings. The molecule has 1 fully saturated rings. The minimum Gasteiger partial charge on any atom is -0.335 e. The molecule has 0 atom stereocenters. The van der Waals surface area contributed by atoms with Crippen LogP contribution in [-0.2, 0) is 0 Å². The van der Waals surface area contributed by atoms with Crippen molar-refractivity contribution in [2.75, 3.05) is 32.7 Å². The average Bonchev–Trinajstić information content (AvgIpc) is 3.40. The molecule has 3 aromatic carbocycles. The van der Waals surface area contributed by atoms with Crippen molar-refractivity contribution in [3.05, 3.63) is 117 Å². The van der Waals surface area contributed by atoms with Crippen molar-refractivity contribution < 1.29 is 9.72 Å². The third kappa shape index (κ3) is 5.82. The van der Waals surface area contributed by atoms with Crippen LogP contribution in [0, 0.1) is 10.1 Å². The van der Waals surface area contributed by atoms with Gasteiger partial charge in [0.1, 0.15) is 5.69 Å². The average molecular weight is 528 g/mol. The lowest BCUT2D eigenvalue weighted by atomic mass is 10.1. The van der Waals surface area contributed by atoms with E-state index in [2.05, 4.69) is 29.2 Å². The molecular formula is C29H26ClN5O3. The first-order chi connectivity index (χ1) is 18.5. The van der Waals surface area contributed by atoms with Gasteiger partial charge in [-0.3, -0.25) is 19.8 Å². The number of benzene rings is 3. The van der Waals surface area contributed by atoms with Crippen LogP contribution in [0.5, 0.6) is 0 Å². The molecule has 1 aliphatic heterocycles. The number of nitro groups is 1. The quantitative estimate of drug-likeness (QED) is 0.232. The van der Waals surface area contributed by atoms with Crippen LogP contribution in [0.3, 0.4) is 0 Å². The molecule has 5 rings (SSSR count). The Morgan fingerprint density at radius 3 is 2.29 bits per heavy atom. The maximum absolute atomic E-state index is 13.7. The van der Waals surface area contributed by atoms with Gasteiger partial charge in [0.2, 0.25) is 0 Å². The predicted octanol–water partition coefficient (Wildman–Crippen LogP) is 5.57. The zero-order valence-electron chi connectivity index (χ0n) is 20.6. The smallest absolute Gasteiger partial charge is 0.272 e. The molecule has 2 heterocycles. The number of amides is 1. The number of hydrogen-bond donors (Lipinski definition) is 0. The summed E-state index contributed by atoms with van der Waals surface area (Å²) < 4.78 is 1.62. The van der Waals surface area contributed by atoms with Crippen LogP contribution in [0.25, 0.3) is 23.0 Å². The van der Waals surface area contributed by atoms with E-state index in [1.807, 2.05) is 35.2 Å². The molecule has 192 valence electrons. The second-order valence-corrected chi connectivity index (χ2v) is 9.45. The van der Waals surface area contributed by atoms with E-state index in [4.69, 9.17) is 16.7 Å². The van der Waals surface area contributed by atoms with Crippen molar-refractivity contribution in [1.82, 2.24) is 19.6 Å². The molecule has 0 radical (unpaired) electrons. The third-order valence-electron chi connectivity index (χ3n) is 6.51. The van der Waals surface area contributed by atoms with Gasteiger partial charge in [-0.05, 0) is 48.0 Å². The molecule has 0 spiro atoms. The summed E-state index contributed by atoms with van der Waals surface area (Å²) in [5.74, 6) is -0.111. The number of nitro benzene ring substituents is 1. The molecule has 9 heteroatoms. The van der Waals surface area contributed by atoms with Gasteiger partial charge in [-0.25, -0.2) is 4.68 Å². The first-order valence-corrected chi connectivity index (χ1v) is 12.7. The van der Waals surface area contributed by atoms with Gasteiger partial charge in [-0.2, -0.15) is 5.10 Å². The Balaban J connectivity index is 1.33. The van der Waals surface area contributed by atoms with E-state index in [-0.39, 0.29) is 11.6 Å². The Morgan fingerprint density at radius 2 is 1.63 bits per heavy atom. The monoisotopic (exact) mass is 527 g/mol. The number of hydrogen-bond acceptors (Lipinski definition) is 5. The van der Waals surface area contributed by atoms with Crippen molar-refractivity contribution in [3.63, 3.8) is 0 Å². The van der Waals surface area contributed by atoms with Crippen molar-refractivity contribution >= 4 is 29.3 Å². The molecule has 0 bridgehead atoms. The molecular weight excluding hydrogens is 502 g/mol. The highest BCUT2D eigenvalue weighted by molar-refractivity contribution is 6.30.